The van der Waals surface area contributed by atoms with Crippen molar-refractivity contribution in [3.05, 3.63) is 65.2 Å². The Bertz CT molecular complexity index is 771. The lowest BCUT2D eigenvalue weighted by Gasteiger charge is -2.05. The molecule has 2 aromatic carbocycles. The second-order valence-electron chi connectivity index (χ2n) is 4.82. The summed E-state index contributed by atoms with van der Waals surface area (Å²) in [5, 5.41) is 6.18. The number of hydrogen-bond donors (Lipinski definition) is 2. The van der Waals surface area contributed by atoms with E-state index in [1.165, 1.54) is 18.2 Å². The molecule has 2 aromatic rings. The topological polar surface area (TPSA) is 70.6 Å². The molecule has 0 heterocycles. The quantitative estimate of drug-likeness (QED) is 0.653. The van der Waals surface area contributed by atoms with Gasteiger partial charge in [0.15, 0.2) is 0 Å². The average molecular weight is 331 g/mol. The maximum Gasteiger partial charge on any atom is 0.271 e. The molecule has 0 fully saturated rings. The summed E-state index contributed by atoms with van der Waals surface area (Å²) in [6.45, 7) is 1.71. The van der Waals surface area contributed by atoms with Crippen molar-refractivity contribution in [1.29, 1.82) is 0 Å². The Morgan fingerprint density at radius 2 is 1.79 bits per heavy atom. The second-order valence-corrected chi connectivity index (χ2v) is 4.82. The molecule has 0 aromatic heterocycles. The van der Waals surface area contributed by atoms with Gasteiger partial charge in [-0.2, -0.15) is 5.10 Å². The molecule has 0 spiro atoms. The minimum Gasteiger partial charge on any atom is -0.326 e. The first kappa shape index (κ1) is 17.3. The zero-order valence-electron chi connectivity index (χ0n) is 12.8. The molecule has 0 aliphatic heterocycles. The monoisotopic (exact) mass is 331 g/mol. The van der Waals surface area contributed by atoms with Crippen LogP contribution in [0, 0.1) is 11.6 Å². The number of hydrogen-bond acceptors (Lipinski definition) is 3. The smallest absolute Gasteiger partial charge is 0.271 e. The Labute approximate surface area is 137 Å². The zero-order chi connectivity index (χ0) is 17.5. The van der Waals surface area contributed by atoms with E-state index in [1.807, 2.05) is 0 Å². The van der Waals surface area contributed by atoms with Crippen LogP contribution in [0.3, 0.4) is 0 Å². The number of anilines is 1. The van der Waals surface area contributed by atoms with Crippen LogP contribution in [0.4, 0.5) is 14.5 Å². The van der Waals surface area contributed by atoms with Gasteiger partial charge in [0.2, 0.25) is 5.91 Å². The lowest BCUT2D eigenvalue weighted by atomic mass is 10.2. The van der Waals surface area contributed by atoms with Crippen molar-refractivity contribution < 1.29 is 18.4 Å². The van der Waals surface area contributed by atoms with Crippen molar-refractivity contribution in [2.75, 3.05) is 5.32 Å². The van der Waals surface area contributed by atoms with Crippen LogP contribution >= 0.6 is 0 Å². The molecule has 0 saturated carbocycles. The van der Waals surface area contributed by atoms with Crippen LogP contribution in [0.25, 0.3) is 0 Å². The minimum absolute atomic E-state index is 0.180. The van der Waals surface area contributed by atoms with Crippen molar-refractivity contribution in [2.24, 2.45) is 5.10 Å². The molecule has 0 aliphatic carbocycles. The lowest BCUT2D eigenvalue weighted by Crippen LogP contribution is -2.18. The SMILES string of the molecule is CCC(=O)Nc1cccc(C(=O)N/N=C/c2c(F)cccc2F)c1. The molecule has 0 radical (unpaired) electrons. The van der Waals surface area contributed by atoms with Crippen LogP contribution in [0.1, 0.15) is 29.3 Å². The van der Waals surface area contributed by atoms with E-state index in [-0.39, 0.29) is 17.0 Å². The maximum absolute atomic E-state index is 13.4. The van der Waals surface area contributed by atoms with Gasteiger partial charge in [0.1, 0.15) is 11.6 Å². The fourth-order valence-corrected chi connectivity index (χ4v) is 1.84. The number of hydrazone groups is 1. The highest BCUT2D eigenvalue weighted by atomic mass is 19.1. The van der Waals surface area contributed by atoms with E-state index < -0.39 is 17.5 Å². The van der Waals surface area contributed by atoms with Crippen molar-refractivity contribution in [3.8, 4) is 0 Å². The van der Waals surface area contributed by atoms with E-state index in [9.17, 15) is 18.4 Å². The number of nitrogens with zero attached hydrogens (tertiary/aromatic N) is 1. The molecule has 24 heavy (non-hydrogen) atoms. The van der Waals surface area contributed by atoms with Gasteiger partial charge in [0.25, 0.3) is 5.91 Å². The average Bonchev–Trinajstić information content (AvgIpc) is 2.57. The first-order valence-electron chi connectivity index (χ1n) is 7.18. The highest BCUT2D eigenvalue weighted by Crippen LogP contribution is 2.11. The Hall–Kier alpha value is -3.09. The Kier molecular flexibility index (Phi) is 5.73. The van der Waals surface area contributed by atoms with Crippen molar-refractivity contribution in [2.45, 2.75) is 13.3 Å². The van der Waals surface area contributed by atoms with Crippen LogP contribution in [-0.4, -0.2) is 18.0 Å². The van der Waals surface area contributed by atoms with Gasteiger partial charge in [-0.15, -0.1) is 0 Å². The first-order chi connectivity index (χ1) is 11.5. The number of carbonyl (C=O) groups excluding carboxylic acids is 2. The number of rotatable bonds is 5. The molecular weight excluding hydrogens is 316 g/mol. The van der Waals surface area contributed by atoms with Gasteiger partial charge in [-0.3, -0.25) is 9.59 Å². The van der Waals surface area contributed by atoms with Crippen LogP contribution in [0.15, 0.2) is 47.6 Å². The molecule has 0 saturated heterocycles. The predicted octanol–water partition coefficient (Wildman–Crippen LogP) is 3.08. The first-order valence-corrected chi connectivity index (χ1v) is 7.18. The van der Waals surface area contributed by atoms with Gasteiger partial charge in [0.05, 0.1) is 11.8 Å². The van der Waals surface area contributed by atoms with E-state index >= 15 is 0 Å². The summed E-state index contributed by atoms with van der Waals surface area (Å²) < 4.78 is 26.8. The minimum atomic E-state index is -0.780. The number of amides is 2. The summed E-state index contributed by atoms with van der Waals surface area (Å²) >= 11 is 0. The third-order valence-corrected chi connectivity index (χ3v) is 3.09. The van der Waals surface area contributed by atoms with Gasteiger partial charge in [-0.05, 0) is 30.3 Å². The third-order valence-electron chi connectivity index (χ3n) is 3.09. The molecule has 2 N–H and O–H groups in total. The van der Waals surface area contributed by atoms with E-state index in [2.05, 4.69) is 15.8 Å². The Balaban J connectivity index is 2.06. The van der Waals surface area contributed by atoms with Crippen LogP contribution in [0.5, 0.6) is 0 Å². The largest absolute Gasteiger partial charge is 0.326 e. The third kappa shape index (κ3) is 4.45. The Morgan fingerprint density at radius 3 is 2.46 bits per heavy atom. The maximum atomic E-state index is 13.4. The van der Waals surface area contributed by atoms with Crippen LogP contribution in [0.2, 0.25) is 0 Å². The summed E-state index contributed by atoms with van der Waals surface area (Å²) in [6.07, 6.45) is 1.21. The molecule has 7 heteroatoms. The van der Waals surface area contributed by atoms with E-state index in [0.29, 0.717) is 12.1 Å². The normalized spacial score (nSPS) is 10.6. The van der Waals surface area contributed by atoms with Gasteiger partial charge in [0, 0.05) is 17.7 Å². The Morgan fingerprint density at radius 1 is 1.12 bits per heavy atom. The molecule has 0 bridgehead atoms. The van der Waals surface area contributed by atoms with E-state index in [1.54, 1.807) is 19.1 Å². The number of halogens is 2. The fraction of sp³-hybridized carbons (Fsp3) is 0.118. The summed E-state index contributed by atoms with van der Waals surface area (Å²) in [6, 6.07) is 9.65. The van der Waals surface area contributed by atoms with Crippen molar-refractivity contribution in [1.82, 2.24) is 5.43 Å². The molecule has 0 atom stereocenters. The van der Waals surface area contributed by atoms with Gasteiger partial charge < -0.3 is 5.32 Å². The van der Waals surface area contributed by atoms with Crippen molar-refractivity contribution >= 4 is 23.7 Å². The summed E-state index contributed by atoms with van der Waals surface area (Å²) in [5.74, 6) is -2.31. The van der Waals surface area contributed by atoms with Gasteiger partial charge in [-0.25, -0.2) is 14.2 Å². The molecule has 0 aliphatic rings. The van der Waals surface area contributed by atoms with Crippen LogP contribution in [-0.2, 0) is 4.79 Å². The molecular formula is C17H15F2N3O2. The van der Waals surface area contributed by atoms with Crippen LogP contribution < -0.4 is 10.7 Å². The highest BCUT2D eigenvalue weighted by molar-refractivity contribution is 5.97. The number of benzene rings is 2. The number of carbonyl (C=O) groups is 2. The molecule has 2 rings (SSSR count). The van der Waals surface area contributed by atoms with Crippen molar-refractivity contribution in [3.63, 3.8) is 0 Å². The molecule has 2 amide bonds. The molecule has 0 unspecified atom stereocenters. The van der Waals surface area contributed by atoms with E-state index in [4.69, 9.17) is 0 Å². The number of nitrogens with one attached hydrogen (secondary N) is 2. The predicted molar refractivity (Wildman–Crippen MR) is 86.8 cm³/mol. The summed E-state index contributed by atoms with van der Waals surface area (Å²) in [4.78, 5) is 23.3. The summed E-state index contributed by atoms with van der Waals surface area (Å²) in [7, 11) is 0. The van der Waals surface area contributed by atoms with Gasteiger partial charge >= 0.3 is 0 Å². The fourth-order valence-electron chi connectivity index (χ4n) is 1.84. The van der Waals surface area contributed by atoms with Gasteiger partial charge in [-0.1, -0.05) is 19.1 Å². The zero-order valence-corrected chi connectivity index (χ0v) is 12.8. The highest BCUT2D eigenvalue weighted by Gasteiger charge is 2.08. The second kappa shape index (κ2) is 7.96. The molecule has 124 valence electrons. The standard InChI is InChI=1S/C17H15F2N3O2/c1-2-16(23)21-12-6-3-5-11(9-12)17(24)22-20-10-13-14(18)7-4-8-15(13)19/h3-10H,2H2,1H3,(H,21,23)(H,22,24)/b20-10+. The van der Waals surface area contributed by atoms with E-state index in [0.717, 1.165) is 18.3 Å². The lowest BCUT2D eigenvalue weighted by molar-refractivity contribution is -0.115. The summed E-state index contributed by atoms with van der Waals surface area (Å²) in [5.41, 5.74) is 2.55. The molecule has 5 nitrogen and oxygen atoms in total.